The van der Waals surface area contributed by atoms with E-state index >= 15 is 0 Å². The summed E-state index contributed by atoms with van der Waals surface area (Å²) >= 11 is 6.16. The van der Waals surface area contributed by atoms with E-state index in [1.165, 1.54) is 12.5 Å². The van der Waals surface area contributed by atoms with E-state index in [-0.39, 0.29) is 62.0 Å². The van der Waals surface area contributed by atoms with Gasteiger partial charge in [0.1, 0.15) is 6.10 Å². The molecule has 0 bridgehead atoms. The Labute approximate surface area is 228 Å². The SMILES string of the molecule is CC(=O)O[C@H]1CC[C@@]2(C)C(CC[C@]3(C)[C@@H]2C(=O)C=C2[C@@H]4CC(C)(C(=O)Cl)CC[C@]4(C)CC[C@]23C)C1(C)C. The van der Waals surface area contributed by atoms with Crippen LogP contribution in [-0.2, 0) is 19.1 Å². The molecule has 5 heteroatoms. The minimum atomic E-state index is -0.519. The number of halogens is 1. The molecule has 0 aromatic rings. The second-order valence-corrected chi connectivity index (χ2v) is 15.8. The lowest BCUT2D eigenvalue weighted by Gasteiger charge is -2.70. The van der Waals surface area contributed by atoms with Crippen molar-refractivity contribution in [1.29, 1.82) is 0 Å². The Balaban J connectivity index is 1.58. The zero-order valence-corrected chi connectivity index (χ0v) is 25.0. The largest absolute Gasteiger partial charge is 0.462 e. The first-order chi connectivity index (χ1) is 16.9. The molecule has 4 fully saturated rings. The van der Waals surface area contributed by atoms with E-state index in [4.69, 9.17) is 16.3 Å². The van der Waals surface area contributed by atoms with Crippen LogP contribution in [0.25, 0.3) is 0 Å². The fourth-order valence-electron chi connectivity index (χ4n) is 10.7. The van der Waals surface area contributed by atoms with Crippen LogP contribution in [0, 0.1) is 50.2 Å². The van der Waals surface area contributed by atoms with Crippen molar-refractivity contribution in [2.24, 2.45) is 50.2 Å². The number of fused-ring (bicyclic) bond motifs is 7. The number of rotatable bonds is 2. The van der Waals surface area contributed by atoms with E-state index in [1.54, 1.807) is 0 Å². The van der Waals surface area contributed by atoms with Crippen molar-refractivity contribution in [3.8, 4) is 0 Å². The molecular formula is C32H47ClO4. The summed E-state index contributed by atoms with van der Waals surface area (Å²) in [6.07, 6.45) is 10.5. The Morgan fingerprint density at radius 2 is 1.57 bits per heavy atom. The lowest BCUT2D eigenvalue weighted by atomic mass is 9.33. The van der Waals surface area contributed by atoms with E-state index in [0.717, 1.165) is 57.8 Å². The summed E-state index contributed by atoms with van der Waals surface area (Å²) in [5.41, 5.74) is 0.382. The topological polar surface area (TPSA) is 60.4 Å². The quantitative estimate of drug-likeness (QED) is 0.271. The van der Waals surface area contributed by atoms with Gasteiger partial charge in [-0.25, -0.2) is 0 Å². The zero-order valence-electron chi connectivity index (χ0n) is 24.3. The van der Waals surface area contributed by atoms with Crippen LogP contribution in [0.1, 0.15) is 113 Å². The summed E-state index contributed by atoms with van der Waals surface area (Å²) in [5.74, 6) is 0.573. The summed E-state index contributed by atoms with van der Waals surface area (Å²) in [5, 5.41) is -0.228. The lowest BCUT2D eigenvalue weighted by molar-refractivity contribution is -0.210. The van der Waals surface area contributed by atoms with Crippen LogP contribution in [0.5, 0.6) is 0 Å². The third-order valence-corrected chi connectivity index (χ3v) is 13.8. The Bertz CT molecular complexity index is 1080. The molecule has 2 unspecified atom stereocenters. The van der Waals surface area contributed by atoms with Crippen LogP contribution >= 0.6 is 11.6 Å². The molecule has 0 aromatic heterocycles. The standard InChI is InChI=1S/C32H47ClO4/c1-19(34)37-24-10-11-30(6)23(27(24,2)3)9-12-32(8)25(30)22(35)17-20-21-18-29(5,26(33)36)14-13-28(21,4)15-16-31(20,32)7/h17,21,23-25H,9-16,18H2,1-8H3/t21-,23?,24-,25+,28+,29?,30-,31+,32+/m0/s1. The summed E-state index contributed by atoms with van der Waals surface area (Å²) in [6.45, 7) is 17.6. The summed E-state index contributed by atoms with van der Waals surface area (Å²) in [7, 11) is 0. The van der Waals surface area contributed by atoms with Gasteiger partial charge in [-0.05, 0) is 109 Å². The van der Waals surface area contributed by atoms with Gasteiger partial charge in [-0.15, -0.1) is 0 Å². The van der Waals surface area contributed by atoms with Crippen LogP contribution in [0.3, 0.4) is 0 Å². The molecule has 5 aliphatic carbocycles. The maximum absolute atomic E-state index is 14.4. The van der Waals surface area contributed by atoms with Crippen molar-refractivity contribution in [3.05, 3.63) is 11.6 Å². The van der Waals surface area contributed by atoms with Crippen molar-refractivity contribution in [2.45, 2.75) is 119 Å². The fourth-order valence-corrected chi connectivity index (χ4v) is 10.9. The molecular weight excluding hydrogens is 484 g/mol. The first-order valence-electron chi connectivity index (χ1n) is 14.6. The van der Waals surface area contributed by atoms with Gasteiger partial charge in [-0.2, -0.15) is 0 Å². The first-order valence-corrected chi connectivity index (χ1v) is 15.0. The molecule has 9 atom stereocenters. The number of ketones is 1. The van der Waals surface area contributed by atoms with E-state index in [2.05, 4.69) is 47.6 Å². The second-order valence-electron chi connectivity index (χ2n) is 15.5. The maximum atomic E-state index is 14.4. The minimum absolute atomic E-state index is 0.0426. The number of carbonyl (C=O) groups is 3. The third-order valence-electron chi connectivity index (χ3n) is 13.3. The zero-order chi connectivity index (χ0) is 27.4. The van der Waals surface area contributed by atoms with Gasteiger partial charge in [0.2, 0.25) is 5.24 Å². The normalized spacial score (nSPS) is 50.5. The summed E-state index contributed by atoms with van der Waals surface area (Å²) in [4.78, 5) is 38.8. The second kappa shape index (κ2) is 8.18. The Morgan fingerprint density at radius 3 is 2.19 bits per heavy atom. The first kappa shape index (κ1) is 27.4. The molecule has 0 radical (unpaired) electrons. The number of allylic oxidation sites excluding steroid dienone is 2. The van der Waals surface area contributed by atoms with Gasteiger partial charge in [0.05, 0.1) is 0 Å². The number of carbonyl (C=O) groups excluding carboxylic acids is 3. The fraction of sp³-hybridized carbons (Fsp3) is 0.844. The van der Waals surface area contributed by atoms with Crippen LogP contribution in [-0.4, -0.2) is 23.1 Å². The molecule has 0 heterocycles. The number of hydrogen-bond acceptors (Lipinski definition) is 4. The van der Waals surface area contributed by atoms with Crippen LogP contribution in [0.2, 0.25) is 0 Å². The third kappa shape index (κ3) is 3.55. The van der Waals surface area contributed by atoms with Crippen LogP contribution in [0.15, 0.2) is 11.6 Å². The Kier molecular flexibility index (Phi) is 6.06. The van der Waals surface area contributed by atoms with Gasteiger partial charge in [0.25, 0.3) is 0 Å². The van der Waals surface area contributed by atoms with E-state index < -0.39 is 5.41 Å². The molecule has 0 amide bonds. The summed E-state index contributed by atoms with van der Waals surface area (Å²) in [6, 6.07) is 0. The maximum Gasteiger partial charge on any atom is 0.302 e. The van der Waals surface area contributed by atoms with E-state index in [0.29, 0.717) is 5.92 Å². The van der Waals surface area contributed by atoms with Gasteiger partial charge in [0, 0.05) is 23.7 Å². The molecule has 0 spiro atoms. The highest BCUT2D eigenvalue weighted by Crippen LogP contribution is 2.75. The van der Waals surface area contributed by atoms with Crippen molar-refractivity contribution in [3.63, 3.8) is 0 Å². The predicted octanol–water partition coefficient (Wildman–Crippen LogP) is 7.66. The number of ether oxygens (including phenoxy) is 1. The predicted molar refractivity (Wildman–Crippen MR) is 146 cm³/mol. The molecule has 0 aromatic carbocycles. The Morgan fingerprint density at radius 1 is 0.919 bits per heavy atom. The van der Waals surface area contributed by atoms with Crippen molar-refractivity contribution in [2.75, 3.05) is 0 Å². The summed E-state index contributed by atoms with van der Waals surface area (Å²) < 4.78 is 5.83. The van der Waals surface area contributed by atoms with Gasteiger partial charge < -0.3 is 4.74 Å². The monoisotopic (exact) mass is 530 g/mol. The van der Waals surface area contributed by atoms with Gasteiger partial charge in [0.15, 0.2) is 5.78 Å². The molecule has 4 nitrogen and oxygen atoms in total. The highest BCUT2D eigenvalue weighted by molar-refractivity contribution is 6.64. The molecule has 0 saturated heterocycles. The van der Waals surface area contributed by atoms with E-state index in [9.17, 15) is 14.4 Å². The molecule has 0 N–H and O–H groups in total. The van der Waals surface area contributed by atoms with Crippen molar-refractivity contribution in [1.82, 2.24) is 0 Å². The van der Waals surface area contributed by atoms with Crippen molar-refractivity contribution >= 4 is 28.6 Å². The number of hydrogen-bond donors (Lipinski definition) is 0. The molecule has 37 heavy (non-hydrogen) atoms. The molecule has 4 saturated carbocycles. The average molecular weight is 531 g/mol. The number of esters is 1. The molecule has 5 rings (SSSR count). The van der Waals surface area contributed by atoms with Gasteiger partial charge >= 0.3 is 5.97 Å². The van der Waals surface area contributed by atoms with E-state index in [1.807, 2.05) is 6.92 Å². The Hall–Kier alpha value is -1.16. The molecule has 5 aliphatic rings. The minimum Gasteiger partial charge on any atom is -0.462 e. The smallest absolute Gasteiger partial charge is 0.302 e. The molecule has 206 valence electrons. The van der Waals surface area contributed by atoms with Gasteiger partial charge in [-0.1, -0.05) is 54.0 Å². The van der Waals surface area contributed by atoms with Crippen LogP contribution in [0.4, 0.5) is 0 Å². The van der Waals surface area contributed by atoms with Gasteiger partial charge in [-0.3, -0.25) is 14.4 Å². The lowest BCUT2D eigenvalue weighted by Crippen LogP contribution is -2.66. The highest BCUT2D eigenvalue weighted by Gasteiger charge is 2.70. The molecule has 0 aliphatic heterocycles. The average Bonchev–Trinajstić information content (AvgIpc) is 2.78. The van der Waals surface area contributed by atoms with Crippen LogP contribution < -0.4 is 0 Å². The highest BCUT2D eigenvalue weighted by atomic mass is 35.5. The van der Waals surface area contributed by atoms with Crippen molar-refractivity contribution < 1.29 is 19.1 Å².